The van der Waals surface area contributed by atoms with Crippen molar-refractivity contribution in [2.24, 2.45) is 17.8 Å². The summed E-state index contributed by atoms with van der Waals surface area (Å²) in [5.41, 5.74) is 0. The zero-order valence-electron chi connectivity index (χ0n) is 8.41. The van der Waals surface area contributed by atoms with Gasteiger partial charge in [-0.05, 0) is 43.4 Å². The van der Waals surface area contributed by atoms with Gasteiger partial charge in [-0.1, -0.05) is 18.2 Å². The summed E-state index contributed by atoms with van der Waals surface area (Å²) in [6.45, 7) is 11.6. The van der Waals surface area contributed by atoms with E-state index in [4.69, 9.17) is 0 Å². The first kappa shape index (κ1) is 10.3. The van der Waals surface area contributed by atoms with E-state index >= 15 is 0 Å². The van der Waals surface area contributed by atoms with E-state index in [1.165, 1.54) is 19.3 Å². The van der Waals surface area contributed by atoms with Crippen LogP contribution in [0.1, 0.15) is 25.7 Å². The van der Waals surface area contributed by atoms with Crippen molar-refractivity contribution in [2.45, 2.75) is 25.7 Å². The fourth-order valence-corrected chi connectivity index (χ4v) is 2.35. The quantitative estimate of drug-likeness (QED) is 0.569. The highest BCUT2D eigenvalue weighted by Crippen LogP contribution is 2.36. The lowest BCUT2D eigenvalue weighted by Gasteiger charge is -2.31. The van der Waals surface area contributed by atoms with Gasteiger partial charge in [-0.2, -0.15) is 0 Å². The summed E-state index contributed by atoms with van der Waals surface area (Å²) in [5, 5.41) is 0. The zero-order chi connectivity index (χ0) is 9.68. The summed E-state index contributed by atoms with van der Waals surface area (Å²) in [7, 11) is 0. The van der Waals surface area contributed by atoms with Gasteiger partial charge in [0.15, 0.2) is 0 Å². The van der Waals surface area contributed by atoms with Crippen LogP contribution in [0.3, 0.4) is 0 Å². The fraction of sp³-hybridized carbons (Fsp3) is 0.538. The smallest absolute Gasteiger partial charge is 0.0228 e. The van der Waals surface area contributed by atoms with Gasteiger partial charge in [0.1, 0.15) is 0 Å². The van der Waals surface area contributed by atoms with Crippen molar-refractivity contribution < 1.29 is 0 Å². The minimum absolute atomic E-state index is 0.696. The number of allylic oxidation sites excluding steroid dienone is 3. The molecule has 0 amide bonds. The van der Waals surface area contributed by atoms with Crippen LogP contribution in [0, 0.1) is 17.8 Å². The molecule has 0 N–H and O–H groups in total. The largest absolute Gasteiger partial charge is 0.103 e. The molecule has 0 spiro atoms. The van der Waals surface area contributed by atoms with Crippen LogP contribution in [-0.2, 0) is 0 Å². The Kier molecular flexibility index (Phi) is 4.01. The molecule has 0 aliphatic heterocycles. The zero-order valence-corrected chi connectivity index (χ0v) is 8.41. The van der Waals surface area contributed by atoms with Crippen molar-refractivity contribution in [3.63, 3.8) is 0 Å². The molecule has 0 radical (unpaired) electrons. The monoisotopic (exact) mass is 176 g/mol. The average molecular weight is 176 g/mol. The molecule has 0 saturated heterocycles. The third-order valence-electron chi connectivity index (χ3n) is 3.04. The predicted molar refractivity (Wildman–Crippen MR) is 59.5 cm³/mol. The van der Waals surface area contributed by atoms with E-state index < -0.39 is 0 Å². The minimum atomic E-state index is 0.696. The van der Waals surface area contributed by atoms with Gasteiger partial charge >= 0.3 is 0 Å². The molecule has 0 heteroatoms. The fourth-order valence-electron chi connectivity index (χ4n) is 2.35. The van der Waals surface area contributed by atoms with Crippen LogP contribution in [0.15, 0.2) is 38.0 Å². The third-order valence-corrected chi connectivity index (χ3v) is 3.04. The molecule has 1 fully saturated rings. The molecule has 0 aromatic heterocycles. The Morgan fingerprint density at radius 3 is 1.85 bits per heavy atom. The van der Waals surface area contributed by atoms with Crippen molar-refractivity contribution in [2.75, 3.05) is 0 Å². The van der Waals surface area contributed by atoms with E-state index in [-0.39, 0.29) is 0 Å². The first-order valence-corrected chi connectivity index (χ1v) is 5.16. The van der Waals surface area contributed by atoms with Gasteiger partial charge in [0.05, 0.1) is 0 Å². The predicted octanol–water partition coefficient (Wildman–Crippen LogP) is 3.97. The SMILES string of the molecule is C=CCC1CC(C=C)CC(C=C)C1. The molecule has 0 nitrogen and oxygen atoms in total. The van der Waals surface area contributed by atoms with Crippen molar-refractivity contribution in [3.05, 3.63) is 38.0 Å². The maximum Gasteiger partial charge on any atom is -0.0228 e. The molecule has 0 aromatic rings. The third kappa shape index (κ3) is 2.87. The number of hydrogen-bond acceptors (Lipinski definition) is 0. The van der Waals surface area contributed by atoms with Crippen LogP contribution in [0.25, 0.3) is 0 Å². The highest BCUT2D eigenvalue weighted by Gasteiger charge is 2.24. The van der Waals surface area contributed by atoms with Crippen LogP contribution in [0.5, 0.6) is 0 Å². The van der Waals surface area contributed by atoms with Gasteiger partial charge in [-0.15, -0.1) is 19.7 Å². The summed E-state index contributed by atoms with van der Waals surface area (Å²) in [4.78, 5) is 0. The molecular weight excluding hydrogens is 156 g/mol. The van der Waals surface area contributed by atoms with E-state index in [1.807, 2.05) is 6.08 Å². The Labute approximate surface area is 82.0 Å². The molecule has 72 valence electrons. The van der Waals surface area contributed by atoms with E-state index in [9.17, 15) is 0 Å². The van der Waals surface area contributed by atoms with Gasteiger partial charge in [0.25, 0.3) is 0 Å². The van der Waals surface area contributed by atoms with E-state index in [0.717, 1.165) is 12.3 Å². The molecule has 0 heterocycles. The molecular formula is C13H20. The van der Waals surface area contributed by atoms with Crippen LogP contribution < -0.4 is 0 Å². The van der Waals surface area contributed by atoms with Gasteiger partial charge < -0.3 is 0 Å². The van der Waals surface area contributed by atoms with Gasteiger partial charge in [0, 0.05) is 0 Å². The van der Waals surface area contributed by atoms with Crippen molar-refractivity contribution >= 4 is 0 Å². The molecule has 1 saturated carbocycles. The normalized spacial score (nSPS) is 33.7. The van der Waals surface area contributed by atoms with Gasteiger partial charge in [0.2, 0.25) is 0 Å². The Hall–Kier alpha value is -0.780. The standard InChI is InChI=1S/C13H20/c1-4-7-13-9-11(5-2)8-12(6-3)10-13/h4-6,11-13H,1-3,7-10H2. The first-order chi connectivity index (χ1) is 6.30. The van der Waals surface area contributed by atoms with Crippen LogP contribution in [0.2, 0.25) is 0 Å². The van der Waals surface area contributed by atoms with Crippen LogP contribution >= 0.6 is 0 Å². The summed E-state index contributed by atoms with van der Waals surface area (Å²) in [6, 6.07) is 0. The van der Waals surface area contributed by atoms with E-state index in [0.29, 0.717) is 11.8 Å². The van der Waals surface area contributed by atoms with Crippen LogP contribution in [-0.4, -0.2) is 0 Å². The van der Waals surface area contributed by atoms with Gasteiger partial charge in [-0.25, -0.2) is 0 Å². The van der Waals surface area contributed by atoms with Gasteiger partial charge in [-0.3, -0.25) is 0 Å². The Morgan fingerprint density at radius 2 is 1.46 bits per heavy atom. The Bertz CT molecular complexity index is 174. The van der Waals surface area contributed by atoms with Crippen molar-refractivity contribution in [1.29, 1.82) is 0 Å². The molecule has 0 aromatic carbocycles. The summed E-state index contributed by atoms with van der Waals surface area (Å²) >= 11 is 0. The summed E-state index contributed by atoms with van der Waals surface area (Å²) < 4.78 is 0. The highest BCUT2D eigenvalue weighted by atomic mass is 14.3. The molecule has 1 aliphatic rings. The van der Waals surface area contributed by atoms with E-state index in [2.05, 4.69) is 31.9 Å². The molecule has 2 atom stereocenters. The lowest BCUT2D eigenvalue weighted by Crippen LogP contribution is -2.20. The molecule has 13 heavy (non-hydrogen) atoms. The molecule has 0 bridgehead atoms. The van der Waals surface area contributed by atoms with E-state index in [1.54, 1.807) is 0 Å². The molecule has 1 rings (SSSR count). The number of hydrogen-bond donors (Lipinski definition) is 0. The molecule has 1 aliphatic carbocycles. The number of rotatable bonds is 4. The lowest BCUT2D eigenvalue weighted by atomic mass is 9.74. The summed E-state index contributed by atoms with van der Waals surface area (Å²) in [5.74, 6) is 2.20. The Morgan fingerprint density at radius 1 is 0.923 bits per heavy atom. The highest BCUT2D eigenvalue weighted by molar-refractivity contribution is 4.94. The van der Waals surface area contributed by atoms with Crippen LogP contribution in [0.4, 0.5) is 0 Å². The average Bonchev–Trinajstić information content (AvgIpc) is 2.17. The first-order valence-electron chi connectivity index (χ1n) is 5.16. The second kappa shape index (κ2) is 5.06. The maximum atomic E-state index is 3.89. The second-order valence-corrected chi connectivity index (χ2v) is 4.09. The lowest BCUT2D eigenvalue weighted by molar-refractivity contribution is 0.258. The summed E-state index contributed by atoms with van der Waals surface area (Å²) in [6.07, 6.45) is 11.2. The maximum absolute atomic E-state index is 3.89. The minimum Gasteiger partial charge on any atom is -0.103 e. The second-order valence-electron chi connectivity index (χ2n) is 4.09. The van der Waals surface area contributed by atoms with Crippen molar-refractivity contribution in [3.8, 4) is 0 Å². The molecule has 2 unspecified atom stereocenters. The Balaban J connectivity index is 2.52. The van der Waals surface area contributed by atoms with Crippen molar-refractivity contribution in [1.82, 2.24) is 0 Å². The topological polar surface area (TPSA) is 0 Å².